The van der Waals surface area contributed by atoms with Crippen molar-refractivity contribution in [3.05, 3.63) is 46.0 Å². The molecule has 6 nitrogen and oxygen atoms in total. The third kappa shape index (κ3) is 3.86. The molecular weight excluding hydrogens is 377 g/mol. The molecule has 0 radical (unpaired) electrons. The summed E-state index contributed by atoms with van der Waals surface area (Å²) in [5.41, 5.74) is -0.119. The van der Waals surface area contributed by atoms with Gasteiger partial charge in [-0.3, -0.25) is 14.5 Å². The van der Waals surface area contributed by atoms with Crippen molar-refractivity contribution in [1.82, 2.24) is 15.1 Å². The van der Waals surface area contributed by atoms with Crippen molar-refractivity contribution in [1.29, 1.82) is 0 Å². The van der Waals surface area contributed by atoms with Crippen LogP contribution in [0.2, 0.25) is 10.0 Å². The fraction of sp³-hybridized carbons (Fsp3) is 0.389. The molecule has 8 heteroatoms. The summed E-state index contributed by atoms with van der Waals surface area (Å²) in [6.07, 6.45) is 0. The monoisotopic (exact) mass is 397 g/mol. The van der Waals surface area contributed by atoms with Gasteiger partial charge in [0.15, 0.2) is 0 Å². The number of carbonyl (C=O) groups excluding carboxylic acids is 3. The van der Waals surface area contributed by atoms with E-state index in [0.29, 0.717) is 23.7 Å². The first-order valence-corrected chi connectivity index (χ1v) is 8.87. The standard InChI is InChI=1S/C18H21Cl2N3O3/c1-5-22(9-11(2)3)15(24)10-23-16(25)18(4,21-17(23)26)13-7-6-12(19)8-14(13)20/h6-8H,2,5,9-10H2,1,3-4H3,(H,21,26)/t18-/m1/s1. The van der Waals surface area contributed by atoms with Gasteiger partial charge in [0, 0.05) is 28.7 Å². The summed E-state index contributed by atoms with van der Waals surface area (Å²) in [5.74, 6) is -0.864. The zero-order valence-corrected chi connectivity index (χ0v) is 16.4. The normalized spacial score (nSPS) is 19.5. The van der Waals surface area contributed by atoms with Crippen molar-refractivity contribution < 1.29 is 14.4 Å². The van der Waals surface area contributed by atoms with E-state index in [1.165, 1.54) is 11.0 Å². The lowest BCUT2D eigenvalue weighted by Crippen LogP contribution is -2.45. The van der Waals surface area contributed by atoms with Crippen LogP contribution in [0.15, 0.2) is 30.4 Å². The van der Waals surface area contributed by atoms with Crippen LogP contribution in [-0.4, -0.2) is 47.3 Å². The first kappa shape index (κ1) is 20.3. The number of benzene rings is 1. The molecule has 2 rings (SSSR count). The van der Waals surface area contributed by atoms with Crippen LogP contribution in [0.25, 0.3) is 0 Å². The maximum atomic E-state index is 12.9. The van der Waals surface area contributed by atoms with Crippen LogP contribution in [-0.2, 0) is 15.1 Å². The highest BCUT2D eigenvalue weighted by Crippen LogP contribution is 2.34. The molecule has 0 bridgehead atoms. The molecule has 1 aliphatic rings. The summed E-state index contributed by atoms with van der Waals surface area (Å²) in [7, 11) is 0. The van der Waals surface area contributed by atoms with E-state index in [1.54, 1.807) is 19.1 Å². The molecule has 0 spiro atoms. The Morgan fingerprint density at radius 2 is 2.00 bits per heavy atom. The number of hydrogen-bond acceptors (Lipinski definition) is 3. The van der Waals surface area contributed by atoms with Gasteiger partial charge in [0.25, 0.3) is 5.91 Å². The molecule has 1 aliphatic heterocycles. The van der Waals surface area contributed by atoms with E-state index in [9.17, 15) is 14.4 Å². The Morgan fingerprint density at radius 1 is 1.35 bits per heavy atom. The van der Waals surface area contributed by atoms with Gasteiger partial charge in [-0.15, -0.1) is 0 Å². The van der Waals surface area contributed by atoms with Crippen LogP contribution in [0.4, 0.5) is 4.79 Å². The number of halogens is 2. The predicted molar refractivity (Wildman–Crippen MR) is 101 cm³/mol. The number of imide groups is 1. The molecule has 0 aromatic heterocycles. The highest BCUT2D eigenvalue weighted by Gasteiger charge is 2.50. The maximum absolute atomic E-state index is 12.9. The molecule has 0 saturated carbocycles. The van der Waals surface area contributed by atoms with Crippen molar-refractivity contribution in [3.8, 4) is 0 Å². The number of carbonyl (C=O) groups is 3. The molecule has 1 atom stereocenters. The average Bonchev–Trinajstić information content (AvgIpc) is 2.76. The van der Waals surface area contributed by atoms with E-state index < -0.39 is 17.5 Å². The molecule has 26 heavy (non-hydrogen) atoms. The Kier molecular flexibility index (Phi) is 5.98. The third-order valence-electron chi connectivity index (χ3n) is 4.23. The molecule has 1 fully saturated rings. The highest BCUT2D eigenvalue weighted by atomic mass is 35.5. The van der Waals surface area contributed by atoms with Gasteiger partial charge in [-0.05, 0) is 32.9 Å². The van der Waals surface area contributed by atoms with Crippen LogP contribution in [0.3, 0.4) is 0 Å². The lowest BCUT2D eigenvalue weighted by atomic mass is 9.92. The minimum absolute atomic E-state index is 0.263. The number of nitrogens with one attached hydrogen (secondary N) is 1. The molecule has 0 unspecified atom stereocenters. The third-order valence-corrected chi connectivity index (χ3v) is 4.78. The summed E-state index contributed by atoms with van der Waals surface area (Å²) < 4.78 is 0. The largest absolute Gasteiger partial charge is 0.337 e. The minimum atomic E-state index is -1.36. The Hall–Kier alpha value is -2.05. The second kappa shape index (κ2) is 7.68. The van der Waals surface area contributed by atoms with Crippen LogP contribution in [0.5, 0.6) is 0 Å². The summed E-state index contributed by atoms with van der Waals surface area (Å²) in [6, 6.07) is 4.05. The zero-order chi connectivity index (χ0) is 19.6. The lowest BCUT2D eigenvalue weighted by molar-refractivity contribution is -0.138. The number of likely N-dealkylation sites (N-methyl/N-ethyl adjacent to an activating group) is 1. The van der Waals surface area contributed by atoms with E-state index in [0.717, 1.165) is 10.5 Å². The number of hydrogen-bond donors (Lipinski definition) is 1. The maximum Gasteiger partial charge on any atom is 0.325 e. The first-order chi connectivity index (χ1) is 12.1. The van der Waals surface area contributed by atoms with Crippen LogP contribution in [0.1, 0.15) is 26.3 Å². The van der Waals surface area contributed by atoms with Crippen molar-refractivity contribution >= 4 is 41.0 Å². The predicted octanol–water partition coefficient (Wildman–Crippen LogP) is 3.19. The van der Waals surface area contributed by atoms with Crippen molar-refractivity contribution in [2.24, 2.45) is 0 Å². The van der Waals surface area contributed by atoms with Gasteiger partial charge in [0.05, 0.1) is 0 Å². The lowest BCUT2D eigenvalue weighted by Gasteiger charge is -2.25. The topological polar surface area (TPSA) is 69.7 Å². The number of nitrogens with zero attached hydrogens (tertiary/aromatic N) is 2. The number of rotatable bonds is 6. The van der Waals surface area contributed by atoms with Crippen molar-refractivity contribution in [2.75, 3.05) is 19.6 Å². The Labute approximate surface area is 162 Å². The van der Waals surface area contributed by atoms with Gasteiger partial charge in [0.2, 0.25) is 5.91 Å². The zero-order valence-electron chi connectivity index (χ0n) is 14.9. The number of amides is 4. The smallest absolute Gasteiger partial charge is 0.325 e. The fourth-order valence-corrected chi connectivity index (χ4v) is 3.45. The van der Waals surface area contributed by atoms with E-state index in [1.807, 2.05) is 13.8 Å². The summed E-state index contributed by atoms with van der Waals surface area (Å²) in [5, 5.41) is 3.32. The SMILES string of the molecule is C=C(C)CN(CC)C(=O)CN1C(=O)N[C@](C)(c2ccc(Cl)cc2Cl)C1=O. The second-order valence-corrected chi connectivity index (χ2v) is 7.28. The van der Waals surface area contributed by atoms with Crippen molar-refractivity contribution in [3.63, 3.8) is 0 Å². The quantitative estimate of drug-likeness (QED) is 0.591. The van der Waals surface area contributed by atoms with Crippen LogP contribution < -0.4 is 5.32 Å². The molecule has 1 N–H and O–H groups in total. The van der Waals surface area contributed by atoms with Gasteiger partial charge < -0.3 is 10.2 Å². The van der Waals surface area contributed by atoms with Gasteiger partial charge in [-0.2, -0.15) is 0 Å². The highest BCUT2D eigenvalue weighted by molar-refractivity contribution is 6.35. The molecule has 1 aromatic rings. The number of urea groups is 1. The first-order valence-electron chi connectivity index (χ1n) is 8.12. The second-order valence-electron chi connectivity index (χ2n) is 6.44. The van der Waals surface area contributed by atoms with Crippen LogP contribution in [0, 0.1) is 0 Å². The van der Waals surface area contributed by atoms with Gasteiger partial charge in [-0.1, -0.05) is 41.4 Å². The molecule has 0 aliphatic carbocycles. The molecule has 1 heterocycles. The molecule has 4 amide bonds. The molecule has 1 aromatic carbocycles. The van der Waals surface area contributed by atoms with Crippen LogP contribution >= 0.6 is 23.2 Å². The van der Waals surface area contributed by atoms with Crippen molar-refractivity contribution in [2.45, 2.75) is 26.3 Å². The minimum Gasteiger partial charge on any atom is -0.337 e. The Morgan fingerprint density at radius 3 is 2.54 bits per heavy atom. The summed E-state index contributed by atoms with van der Waals surface area (Å²) in [6.45, 7) is 9.46. The fourth-order valence-electron chi connectivity index (χ4n) is 2.86. The van der Waals surface area contributed by atoms with Gasteiger partial charge in [0.1, 0.15) is 12.1 Å². The van der Waals surface area contributed by atoms with E-state index >= 15 is 0 Å². The summed E-state index contributed by atoms with van der Waals surface area (Å²) in [4.78, 5) is 40.2. The Bertz CT molecular complexity index is 781. The van der Waals surface area contributed by atoms with E-state index in [2.05, 4.69) is 11.9 Å². The van der Waals surface area contributed by atoms with E-state index in [-0.39, 0.29) is 17.5 Å². The average molecular weight is 398 g/mol. The van der Waals surface area contributed by atoms with E-state index in [4.69, 9.17) is 23.2 Å². The molecule has 140 valence electrons. The molecule has 1 saturated heterocycles. The Balaban J connectivity index is 2.25. The van der Waals surface area contributed by atoms with Gasteiger partial charge in [-0.25, -0.2) is 4.79 Å². The summed E-state index contributed by atoms with van der Waals surface area (Å²) >= 11 is 12.1. The molecular formula is C18H21Cl2N3O3. The van der Waals surface area contributed by atoms with Gasteiger partial charge >= 0.3 is 6.03 Å².